The summed E-state index contributed by atoms with van der Waals surface area (Å²) in [7, 11) is 0. The summed E-state index contributed by atoms with van der Waals surface area (Å²) in [6.45, 7) is 6.75. The van der Waals surface area contributed by atoms with E-state index >= 15 is 0 Å². The Morgan fingerprint density at radius 2 is 1.85 bits per heavy atom. The first-order valence-corrected chi connectivity index (χ1v) is 10.5. The van der Waals surface area contributed by atoms with Crippen molar-refractivity contribution in [2.75, 3.05) is 0 Å². The molecule has 0 radical (unpaired) electrons. The highest BCUT2D eigenvalue weighted by molar-refractivity contribution is 6.43. The van der Waals surface area contributed by atoms with Crippen LogP contribution in [0.3, 0.4) is 0 Å². The molecular weight excluding hydrogens is 462 g/mol. The van der Waals surface area contributed by atoms with Crippen molar-refractivity contribution in [3.8, 4) is 0 Å². The van der Waals surface area contributed by atoms with Gasteiger partial charge in [-0.1, -0.05) is 25.4 Å². The minimum Gasteiger partial charge on any atom is -0.403 e. The second kappa shape index (κ2) is 10.4. The maximum Gasteiger partial charge on any atom is 0.432 e. The molecule has 11 heteroatoms. The van der Waals surface area contributed by atoms with Crippen molar-refractivity contribution in [3.63, 3.8) is 0 Å². The lowest BCUT2D eigenvalue weighted by Gasteiger charge is -2.27. The molecule has 2 rings (SSSR count). The highest BCUT2D eigenvalue weighted by Crippen LogP contribution is 2.31. The van der Waals surface area contributed by atoms with E-state index in [9.17, 15) is 22.4 Å². The molecule has 1 saturated heterocycles. The van der Waals surface area contributed by atoms with Crippen molar-refractivity contribution in [2.45, 2.75) is 52.4 Å². The molecule has 1 aromatic rings. The Balaban J connectivity index is 2.41. The lowest BCUT2D eigenvalue weighted by molar-refractivity contribution is -0.127. The van der Waals surface area contributed by atoms with Gasteiger partial charge >= 0.3 is 6.18 Å². The van der Waals surface area contributed by atoms with Crippen LogP contribution in [0.1, 0.15) is 34.1 Å². The lowest BCUT2D eigenvalue weighted by Crippen LogP contribution is -2.37. The number of allylic oxidation sites excluding steroid dienone is 3. The van der Waals surface area contributed by atoms with Gasteiger partial charge in [0.15, 0.2) is 0 Å². The molecule has 2 unspecified atom stereocenters. The summed E-state index contributed by atoms with van der Waals surface area (Å²) in [5.41, 5.74) is 10.6. The Hall–Kier alpha value is -2.88. The largest absolute Gasteiger partial charge is 0.432 e. The molecule has 1 aromatic carbocycles. The molecule has 6 nitrogen and oxygen atoms in total. The van der Waals surface area contributed by atoms with Gasteiger partial charge in [0.05, 0.1) is 27.8 Å². The highest BCUT2D eigenvalue weighted by Gasteiger charge is 2.41. The highest BCUT2D eigenvalue weighted by atomic mass is 35.5. The molecule has 0 aromatic heterocycles. The number of aliphatic imine (C=N–C) groups is 2. The van der Waals surface area contributed by atoms with Crippen LogP contribution in [0.15, 0.2) is 56.9 Å². The molecule has 1 heterocycles. The van der Waals surface area contributed by atoms with Crippen LogP contribution in [0.5, 0.6) is 0 Å². The van der Waals surface area contributed by atoms with Crippen LogP contribution >= 0.6 is 11.6 Å². The van der Waals surface area contributed by atoms with Gasteiger partial charge in [-0.15, -0.1) is 0 Å². The topological polar surface area (TPSA) is 97.1 Å². The van der Waals surface area contributed by atoms with Crippen LogP contribution in [0.4, 0.5) is 23.2 Å². The fourth-order valence-electron chi connectivity index (χ4n) is 3.41. The van der Waals surface area contributed by atoms with Crippen LogP contribution in [-0.2, 0) is 4.79 Å². The maximum atomic E-state index is 13.2. The average Bonchev–Trinajstić information content (AvgIpc) is 3.00. The number of rotatable bonds is 6. The normalized spacial score (nSPS) is 21.7. The predicted octanol–water partition coefficient (Wildman–Crippen LogP) is 4.78. The summed E-state index contributed by atoms with van der Waals surface area (Å²) < 4.78 is 51.8. The van der Waals surface area contributed by atoms with Crippen LogP contribution in [0.25, 0.3) is 0 Å². The van der Waals surface area contributed by atoms with Crippen molar-refractivity contribution in [1.29, 1.82) is 0 Å². The second-order valence-corrected chi connectivity index (χ2v) is 8.31. The number of hydrogen-bond donors (Lipinski definition) is 2. The zero-order valence-electron chi connectivity index (χ0n) is 18.6. The van der Waals surface area contributed by atoms with E-state index in [0.29, 0.717) is 17.1 Å². The summed E-state index contributed by atoms with van der Waals surface area (Å²) in [4.78, 5) is 23.3. The first kappa shape index (κ1) is 26.4. The van der Waals surface area contributed by atoms with Crippen LogP contribution < -0.4 is 11.5 Å². The van der Waals surface area contributed by atoms with Crippen LogP contribution in [0.2, 0.25) is 0 Å². The van der Waals surface area contributed by atoms with Crippen molar-refractivity contribution in [1.82, 2.24) is 4.90 Å². The minimum atomic E-state index is -4.81. The number of carbonyl (C=O) groups is 1. The van der Waals surface area contributed by atoms with Crippen molar-refractivity contribution in [3.05, 3.63) is 52.7 Å². The Morgan fingerprint density at radius 1 is 1.27 bits per heavy atom. The number of halogens is 5. The summed E-state index contributed by atoms with van der Waals surface area (Å²) in [5.74, 6) is -1.02. The summed E-state index contributed by atoms with van der Waals surface area (Å²) >= 11 is 5.75. The molecule has 1 aliphatic heterocycles. The summed E-state index contributed by atoms with van der Waals surface area (Å²) in [5, 5.41) is -0.753. The first-order chi connectivity index (χ1) is 15.3. The average molecular weight is 488 g/mol. The molecule has 0 aliphatic carbocycles. The van der Waals surface area contributed by atoms with Gasteiger partial charge in [-0.3, -0.25) is 14.8 Å². The van der Waals surface area contributed by atoms with Crippen molar-refractivity contribution < 1.29 is 22.4 Å². The van der Waals surface area contributed by atoms with Crippen molar-refractivity contribution >= 4 is 34.6 Å². The van der Waals surface area contributed by atoms with Gasteiger partial charge in [0, 0.05) is 12.2 Å². The Labute approximate surface area is 194 Å². The number of amides is 1. The summed E-state index contributed by atoms with van der Waals surface area (Å²) in [6, 6.07) is 4.19. The standard InChI is InChI=1S/C22H26ClF4N5O/c1-11(2)19(31-15-7-5-14(24)6-8-15)17(10-28)32-12(3)9-16(21(32)33)30-13(4)18(23)20(29)22(25,26)27/h5-8,10-12,16H,9,28-29H2,1-4H3. The molecule has 0 bridgehead atoms. The molecule has 2 atom stereocenters. The fourth-order valence-corrected chi connectivity index (χ4v) is 3.56. The number of carbonyl (C=O) groups excluding carboxylic acids is 1. The molecule has 180 valence electrons. The molecule has 1 fully saturated rings. The van der Waals surface area contributed by atoms with E-state index in [1.54, 1.807) is 6.92 Å². The minimum absolute atomic E-state index is 0.155. The molecule has 1 amide bonds. The SMILES string of the molecule is CC(=NC1CC(C)N(C(=CN)C(=Nc2ccc(F)cc2)C(C)C)C1=O)C(Cl)=C(N)C(F)(F)F. The summed E-state index contributed by atoms with van der Waals surface area (Å²) in [6.07, 6.45) is -3.33. The fraction of sp³-hybridized carbons (Fsp3) is 0.409. The third-order valence-corrected chi connectivity index (χ3v) is 5.52. The van der Waals surface area contributed by atoms with E-state index in [2.05, 4.69) is 9.98 Å². The lowest BCUT2D eigenvalue weighted by atomic mass is 10.0. The zero-order chi connectivity index (χ0) is 25.1. The third kappa shape index (κ3) is 6.13. The van der Waals surface area contributed by atoms with Gasteiger partial charge in [-0.2, -0.15) is 13.2 Å². The smallest absolute Gasteiger partial charge is 0.403 e. The van der Waals surface area contributed by atoms with Gasteiger partial charge in [0.25, 0.3) is 5.91 Å². The van der Waals surface area contributed by atoms with E-state index in [1.165, 1.54) is 42.3 Å². The van der Waals surface area contributed by atoms with Gasteiger partial charge in [-0.05, 0) is 50.5 Å². The molecule has 0 spiro atoms. The van der Waals surface area contributed by atoms with Gasteiger partial charge < -0.3 is 16.4 Å². The number of nitrogens with two attached hydrogens (primary N) is 2. The van der Waals surface area contributed by atoms with Crippen LogP contribution in [-0.4, -0.2) is 40.5 Å². The van der Waals surface area contributed by atoms with E-state index in [1.807, 2.05) is 13.8 Å². The number of alkyl halides is 3. The molecule has 1 aliphatic rings. The third-order valence-electron chi connectivity index (χ3n) is 5.04. The monoisotopic (exact) mass is 487 g/mol. The van der Waals surface area contributed by atoms with Gasteiger partial charge in [-0.25, -0.2) is 4.39 Å². The number of nitrogens with zero attached hydrogens (tertiary/aromatic N) is 3. The quantitative estimate of drug-likeness (QED) is 0.446. The second-order valence-electron chi connectivity index (χ2n) is 7.93. The van der Waals surface area contributed by atoms with E-state index < -0.39 is 34.7 Å². The van der Waals surface area contributed by atoms with Gasteiger partial charge in [0.1, 0.15) is 17.6 Å². The zero-order valence-corrected chi connectivity index (χ0v) is 19.4. The number of hydrogen-bond acceptors (Lipinski definition) is 5. The number of likely N-dealkylation sites (tertiary alicyclic amines) is 1. The first-order valence-electron chi connectivity index (χ1n) is 10.1. The predicted molar refractivity (Wildman–Crippen MR) is 122 cm³/mol. The Kier molecular flexibility index (Phi) is 8.29. The van der Waals surface area contributed by atoms with E-state index in [-0.39, 0.29) is 24.1 Å². The number of benzene rings is 1. The van der Waals surface area contributed by atoms with E-state index in [0.717, 1.165) is 0 Å². The maximum absolute atomic E-state index is 13.2. The van der Waals surface area contributed by atoms with Gasteiger partial charge in [0.2, 0.25) is 0 Å². The Bertz CT molecular complexity index is 1010. The molecule has 0 saturated carbocycles. The molecule has 33 heavy (non-hydrogen) atoms. The Morgan fingerprint density at radius 3 is 2.33 bits per heavy atom. The van der Waals surface area contributed by atoms with Crippen molar-refractivity contribution in [2.24, 2.45) is 27.4 Å². The molecular formula is C22H26ClF4N5O. The van der Waals surface area contributed by atoms with E-state index in [4.69, 9.17) is 23.1 Å². The molecule has 4 N–H and O–H groups in total. The van der Waals surface area contributed by atoms with Crippen LogP contribution in [0, 0.1) is 11.7 Å².